The summed E-state index contributed by atoms with van der Waals surface area (Å²) in [5.41, 5.74) is 1.10. The Morgan fingerprint density at radius 2 is 1.94 bits per heavy atom. The fourth-order valence-corrected chi connectivity index (χ4v) is 4.61. The van der Waals surface area contributed by atoms with Crippen molar-refractivity contribution in [2.75, 3.05) is 40.4 Å². The summed E-state index contributed by atoms with van der Waals surface area (Å²) in [6, 6.07) is 5.91. The predicted octanol–water partition coefficient (Wildman–Crippen LogP) is 0.502. The number of morpholine rings is 1. The molecule has 3 amide bonds. The second-order valence-corrected chi connectivity index (χ2v) is 9.10. The molecule has 1 aromatic carbocycles. The molecule has 0 spiro atoms. The van der Waals surface area contributed by atoms with E-state index in [0.29, 0.717) is 38.3 Å². The summed E-state index contributed by atoms with van der Waals surface area (Å²) in [4.78, 5) is 43.8. The van der Waals surface area contributed by atoms with Gasteiger partial charge in [-0.25, -0.2) is 19.0 Å². The molecule has 186 valence electrons. The molecule has 36 heavy (non-hydrogen) atoms. The van der Waals surface area contributed by atoms with Gasteiger partial charge in [-0.15, -0.1) is 4.58 Å². The molecule has 4 heterocycles. The van der Waals surface area contributed by atoms with Gasteiger partial charge >= 0.3 is 11.8 Å². The number of carbonyl (C=O) groups is 3. The number of ether oxygens (including phenoxy) is 2. The zero-order valence-electron chi connectivity index (χ0n) is 19.8. The molecule has 2 N–H and O–H groups in total. The Bertz CT molecular complexity index is 1330. The van der Waals surface area contributed by atoms with Crippen LogP contribution in [-0.4, -0.2) is 89.8 Å². The number of likely N-dealkylation sites (N-methyl/N-ethyl adjacent to an activating group) is 2. The number of hydrogen-bond acceptors (Lipinski definition) is 7. The number of nitrogens with one attached hydrogen (secondary N) is 1. The lowest BCUT2D eigenvalue weighted by molar-refractivity contribution is -0.842. The third-order valence-electron chi connectivity index (χ3n) is 6.77. The summed E-state index contributed by atoms with van der Waals surface area (Å²) < 4.78 is 26.2. The van der Waals surface area contributed by atoms with E-state index in [1.54, 1.807) is 19.2 Å². The summed E-state index contributed by atoms with van der Waals surface area (Å²) in [5.74, 6) is -2.91. The van der Waals surface area contributed by atoms with Gasteiger partial charge < -0.3 is 19.9 Å². The number of aliphatic imine (C=N–C) groups is 1. The highest BCUT2D eigenvalue weighted by molar-refractivity contribution is 6.52. The maximum atomic E-state index is 13.6. The SMILES string of the molecule is CNC(=O)C1=C(O)C2=NC=C(Cc3ccc(F)cc3)C3OC(C(=O)[N+]4(C)CCOCC4)=C[N+](=C23)C1=O. The maximum absolute atomic E-state index is 13.6. The van der Waals surface area contributed by atoms with E-state index in [0.717, 1.165) is 10.1 Å². The lowest BCUT2D eigenvalue weighted by atomic mass is 9.89. The van der Waals surface area contributed by atoms with Crippen LogP contribution in [0.2, 0.25) is 0 Å². The van der Waals surface area contributed by atoms with Crippen molar-refractivity contribution in [2.45, 2.75) is 12.5 Å². The van der Waals surface area contributed by atoms with Gasteiger partial charge in [-0.1, -0.05) is 12.1 Å². The van der Waals surface area contributed by atoms with Crippen LogP contribution >= 0.6 is 0 Å². The fraction of sp³-hybridized carbons (Fsp3) is 0.320. The Kier molecular flexibility index (Phi) is 5.89. The van der Waals surface area contributed by atoms with Crippen LogP contribution in [0.1, 0.15) is 5.56 Å². The summed E-state index contributed by atoms with van der Waals surface area (Å²) >= 11 is 0. The highest BCUT2D eigenvalue weighted by Gasteiger charge is 2.53. The molecule has 4 aliphatic heterocycles. The molecule has 11 heteroatoms. The van der Waals surface area contributed by atoms with Gasteiger partial charge in [0.25, 0.3) is 17.4 Å². The van der Waals surface area contributed by atoms with Gasteiger partial charge in [0.2, 0.25) is 12.3 Å². The maximum Gasteiger partial charge on any atom is 0.434 e. The minimum absolute atomic E-state index is 0.00979. The molecular formula is C25H25FN4O6+2. The molecule has 0 aromatic heterocycles. The van der Waals surface area contributed by atoms with Crippen molar-refractivity contribution in [1.82, 2.24) is 5.32 Å². The number of carbonyl (C=O) groups excluding carboxylic acids is 3. The first-order valence-electron chi connectivity index (χ1n) is 11.5. The standard InChI is InChI=1S/C25H23FN4O6/c1-27-23(32)18-21(31)19-20-22(15(12-28-19)11-14-3-5-16(26)6-4-14)36-17(13-29(20)24(18)33)25(34)30(2)7-9-35-10-8-30/h3-6,12-13,22H,7-11H2,1-2H3/p+2. The molecule has 4 aliphatic rings. The molecule has 1 saturated heterocycles. The van der Waals surface area contributed by atoms with Gasteiger partial charge in [-0.3, -0.25) is 9.28 Å². The molecule has 0 bridgehead atoms. The first-order valence-corrected chi connectivity index (χ1v) is 11.5. The van der Waals surface area contributed by atoms with Gasteiger partial charge in [0.1, 0.15) is 18.9 Å². The largest absolute Gasteiger partial charge is 0.504 e. The van der Waals surface area contributed by atoms with Gasteiger partial charge in [-0.05, 0) is 24.1 Å². The summed E-state index contributed by atoms with van der Waals surface area (Å²) in [7, 11) is 3.12. The minimum Gasteiger partial charge on any atom is -0.504 e. The Morgan fingerprint density at radius 3 is 2.61 bits per heavy atom. The lowest BCUT2D eigenvalue weighted by Crippen LogP contribution is -2.58. The molecule has 1 fully saturated rings. The Labute approximate surface area is 205 Å². The number of amides is 3. The molecule has 1 atom stereocenters. The van der Waals surface area contributed by atoms with Crippen molar-refractivity contribution in [3.8, 4) is 0 Å². The van der Waals surface area contributed by atoms with E-state index >= 15 is 0 Å². The Morgan fingerprint density at radius 1 is 1.25 bits per heavy atom. The quantitative estimate of drug-likeness (QED) is 0.356. The first kappa shape index (κ1) is 23.8. The van der Waals surface area contributed by atoms with Crippen molar-refractivity contribution >= 4 is 29.1 Å². The summed E-state index contributed by atoms with van der Waals surface area (Å²) in [6.45, 7) is 1.68. The van der Waals surface area contributed by atoms with Crippen LogP contribution in [0.15, 0.2) is 64.3 Å². The monoisotopic (exact) mass is 496 g/mol. The summed E-state index contributed by atoms with van der Waals surface area (Å²) in [6.07, 6.45) is 2.11. The average Bonchev–Trinajstić information content (AvgIpc) is 2.88. The van der Waals surface area contributed by atoms with E-state index in [1.165, 1.54) is 31.6 Å². The van der Waals surface area contributed by atoms with E-state index < -0.39 is 29.3 Å². The number of quaternary nitrogens is 1. The topological polar surface area (TPSA) is 117 Å². The molecule has 10 nitrogen and oxygen atoms in total. The molecular weight excluding hydrogens is 471 g/mol. The number of allylic oxidation sites excluding steroid dienone is 1. The predicted molar refractivity (Wildman–Crippen MR) is 124 cm³/mol. The zero-order chi connectivity index (χ0) is 25.6. The van der Waals surface area contributed by atoms with Crippen molar-refractivity contribution in [3.63, 3.8) is 0 Å². The van der Waals surface area contributed by atoms with Gasteiger partial charge in [0, 0.05) is 18.8 Å². The molecule has 1 unspecified atom stereocenters. The van der Waals surface area contributed by atoms with E-state index in [-0.39, 0.29) is 33.4 Å². The number of hydrogen-bond donors (Lipinski definition) is 2. The smallest absolute Gasteiger partial charge is 0.434 e. The molecule has 0 radical (unpaired) electrons. The fourth-order valence-electron chi connectivity index (χ4n) is 4.61. The van der Waals surface area contributed by atoms with Crippen molar-refractivity contribution in [1.29, 1.82) is 0 Å². The lowest BCUT2D eigenvalue weighted by Gasteiger charge is -2.36. The molecule has 0 aliphatic carbocycles. The van der Waals surface area contributed by atoms with Crippen LogP contribution in [0.25, 0.3) is 0 Å². The van der Waals surface area contributed by atoms with Gasteiger partial charge in [0.15, 0.2) is 17.0 Å². The van der Waals surface area contributed by atoms with Crippen molar-refractivity contribution in [2.24, 2.45) is 4.99 Å². The number of nitrogens with zero attached hydrogens (tertiary/aromatic N) is 3. The van der Waals surface area contributed by atoms with Crippen molar-refractivity contribution in [3.05, 3.63) is 70.7 Å². The van der Waals surface area contributed by atoms with E-state index in [2.05, 4.69) is 10.3 Å². The molecule has 1 aromatic rings. The van der Waals surface area contributed by atoms with E-state index in [9.17, 15) is 23.9 Å². The number of aliphatic hydroxyl groups excluding tert-OH is 1. The second kappa shape index (κ2) is 8.92. The summed E-state index contributed by atoms with van der Waals surface area (Å²) in [5, 5.41) is 13.2. The van der Waals surface area contributed by atoms with E-state index in [1.807, 2.05) is 0 Å². The highest BCUT2D eigenvalue weighted by atomic mass is 19.1. The van der Waals surface area contributed by atoms with Gasteiger partial charge in [0.05, 0.1) is 20.3 Å². The van der Waals surface area contributed by atoms with Crippen LogP contribution in [-0.2, 0) is 30.3 Å². The van der Waals surface area contributed by atoms with Crippen LogP contribution in [0.5, 0.6) is 0 Å². The highest BCUT2D eigenvalue weighted by Crippen LogP contribution is 2.31. The molecule has 5 rings (SSSR count). The van der Waals surface area contributed by atoms with Crippen LogP contribution in [0.4, 0.5) is 4.39 Å². The Hall–Kier alpha value is -3.96. The normalized spacial score (nSPS) is 22.7. The first-order chi connectivity index (χ1) is 17.2. The average molecular weight is 496 g/mol. The number of rotatable bonds is 4. The zero-order valence-corrected chi connectivity index (χ0v) is 19.8. The number of halogens is 1. The minimum atomic E-state index is -0.934. The Balaban J connectivity index is 1.62. The van der Waals surface area contributed by atoms with E-state index in [4.69, 9.17) is 9.47 Å². The number of benzene rings is 1. The van der Waals surface area contributed by atoms with Gasteiger partial charge in [-0.2, -0.15) is 0 Å². The molecule has 0 saturated carbocycles. The van der Waals surface area contributed by atoms with Crippen LogP contribution < -0.4 is 5.32 Å². The van der Waals surface area contributed by atoms with Crippen LogP contribution in [0.3, 0.4) is 0 Å². The second-order valence-electron chi connectivity index (χ2n) is 9.10. The third kappa shape index (κ3) is 3.86. The number of aliphatic hydroxyl groups is 1. The van der Waals surface area contributed by atoms with Crippen molar-refractivity contribution < 1.29 is 42.4 Å². The van der Waals surface area contributed by atoms with Crippen LogP contribution in [0, 0.1) is 5.82 Å². The third-order valence-corrected chi connectivity index (χ3v) is 6.77.